The van der Waals surface area contributed by atoms with E-state index in [-0.39, 0.29) is 10.7 Å². The molecule has 0 radical (unpaired) electrons. The number of likely N-dealkylation sites (N-methyl/N-ethyl adjacent to an activating group) is 1. The van der Waals surface area contributed by atoms with E-state index >= 15 is 0 Å². The van der Waals surface area contributed by atoms with Crippen LogP contribution in [-0.2, 0) is 11.2 Å². The zero-order valence-corrected chi connectivity index (χ0v) is 14.2. The predicted octanol–water partition coefficient (Wildman–Crippen LogP) is 4.21. The molecule has 21 heavy (non-hydrogen) atoms. The molecule has 0 saturated carbocycles. The van der Waals surface area contributed by atoms with Crippen molar-refractivity contribution in [2.75, 3.05) is 11.9 Å². The number of benzene rings is 1. The van der Waals surface area contributed by atoms with Gasteiger partial charge in [0, 0.05) is 18.3 Å². The van der Waals surface area contributed by atoms with Crippen LogP contribution in [0.15, 0.2) is 22.6 Å². The molecule has 2 heterocycles. The Hall–Kier alpha value is -1.55. The average Bonchev–Trinajstić information content (AvgIpc) is 2.86. The van der Waals surface area contributed by atoms with E-state index in [0.29, 0.717) is 6.42 Å². The highest BCUT2D eigenvalue weighted by atomic mass is 79.9. The first-order chi connectivity index (χ1) is 9.90. The van der Waals surface area contributed by atoms with E-state index in [9.17, 15) is 4.79 Å². The number of anilines is 1. The number of halogens is 1. The van der Waals surface area contributed by atoms with Crippen molar-refractivity contribution < 1.29 is 9.21 Å². The lowest BCUT2D eigenvalue weighted by Crippen LogP contribution is -2.20. The summed E-state index contributed by atoms with van der Waals surface area (Å²) in [5, 5.41) is 0. The lowest BCUT2D eigenvalue weighted by Gasteiger charge is -2.14. The van der Waals surface area contributed by atoms with Gasteiger partial charge in [0.2, 0.25) is 5.91 Å². The third-order valence-electron chi connectivity index (χ3n) is 4.34. The van der Waals surface area contributed by atoms with Crippen molar-refractivity contribution in [3.05, 3.63) is 52.0 Å². The molecular formula is C17H18BrNO2. The van der Waals surface area contributed by atoms with Gasteiger partial charge in [0.25, 0.3) is 0 Å². The van der Waals surface area contributed by atoms with E-state index in [1.807, 2.05) is 27.0 Å². The number of carbonyl (C=O) groups is 1. The Morgan fingerprint density at radius 3 is 2.57 bits per heavy atom. The van der Waals surface area contributed by atoms with Crippen LogP contribution in [0.25, 0.3) is 0 Å². The van der Waals surface area contributed by atoms with Gasteiger partial charge in [0.05, 0.1) is 11.2 Å². The van der Waals surface area contributed by atoms with Crippen LogP contribution in [0.3, 0.4) is 0 Å². The van der Waals surface area contributed by atoms with Crippen molar-refractivity contribution in [1.29, 1.82) is 0 Å². The highest BCUT2D eigenvalue weighted by Crippen LogP contribution is 2.39. The molecule has 4 heteroatoms. The molecule has 0 aliphatic carbocycles. The number of hydrogen-bond donors (Lipinski definition) is 0. The maximum Gasteiger partial charge on any atom is 0.231 e. The quantitative estimate of drug-likeness (QED) is 0.762. The first-order valence-corrected chi connectivity index (χ1v) is 7.91. The fourth-order valence-electron chi connectivity index (χ4n) is 3.00. The maximum absolute atomic E-state index is 11.8. The first-order valence-electron chi connectivity index (χ1n) is 7.00. The summed E-state index contributed by atoms with van der Waals surface area (Å²) in [5.74, 6) is 2.06. The summed E-state index contributed by atoms with van der Waals surface area (Å²) in [6.07, 6.45) is 0.488. The number of furan rings is 1. The molecule has 110 valence electrons. The van der Waals surface area contributed by atoms with Gasteiger partial charge >= 0.3 is 0 Å². The molecule has 1 aromatic heterocycles. The molecule has 0 saturated heterocycles. The van der Waals surface area contributed by atoms with Crippen LogP contribution in [0.2, 0.25) is 0 Å². The summed E-state index contributed by atoms with van der Waals surface area (Å²) < 4.78 is 5.72. The summed E-state index contributed by atoms with van der Waals surface area (Å²) >= 11 is 3.79. The molecule has 0 spiro atoms. The summed E-state index contributed by atoms with van der Waals surface area (Å²) in [5.41, 5.74) is 5.64. The second kappa shape index (κ2) is 5.02. The predicted molar refractivity (Wildman–Crippen MR) is 87.2 cm³/mol. The summed E-state index contributed by atoms with van der Waals surface area (Å²) in [4.78, 5) is 13.6. The molecule has 3 nitrogen and oxygen atoms in total. The maximum atomic E-state index is 11.8. The van der Waals surface area contributed by atoms with Gasteiger partial charge in [0.1, 0.15) is 11.5 Å². The second-order valence-corrected chi connectivity index (χ2v) is 6.55. The molecule has 0 N–H and O–H groups in total. The van der Waals surface area contributed by atoms with E-state index in [4.69, 9.17) is 4.42 Å². The van der Waals surface area contributed by atoms with E-state index in [1.54, 1.807) is 4.90 Å². The van der Waals surface area contributed by atoms with Crippen LogP contribution in [0, 0.1) is 20.8 Å². The van der Waals surface area contributed by atoms with E-state index in [0.717, 1.165) is 28.3 Å². The average molecular weight is 348 g/mol. The smallest absolute Gasteiger partial charge is 0.231 e. The third-order valence-corrected chi connectivity index (χ3v) is 5.33. The van der Waals surface area contributed by atoms with Crippen LogP contribution in [0.5, 0.6) is 0 Å². The fourth-order valence-corrected chi connectivity index (χ4v) is 3.95. The number of hydrogen-bond acceptors (Lipinski definition) is 2. The largest absolute Gasteiger partial charge is 0.466 e. The Labute approximate surface area is 133 Å². The van der Waals surface area contributed by atoms with Gasteiger partial charge < -0.3 is 9.32 Å². The molecule has 1 amide bonds. The van der Waals surface area contributed by atoms with Crippen LogP contribution in [-0.4, -0.2) is 13.0 Å². The van der Waals surface area contributed by atoms with Crippen molar-refractivity contribution in [1.82, 2.24) is 0 Å². The van der Waals surface area contributed by atoms with E-state index in [2.05, 4.69) is 35.0 Å². The standard InChI is InChI=1S/C17H18BrNO2/c1-9-10(2)21-11(3)16(9)17(18)12-5-6-14-13(7-12)8-15(20)19(14)4/h5-7,17H,8H2,1-4H3. The van der Waals surface area contributed by atoms with Gasteiger partial charge in [-0.1, -0.05) is 28.1 Å². The van der Waals surface area contributed by atoms with Gasteiger partial charge in [0.15, 0.2) is 0 Å². The highest BCUT2D eigenvalue weighted by molar-refractivity contribution is 9.09. The van der Waals surface area contributed by atoms with Crippen LogP contribution in [0.4, 0.5) is 5.69 Å². The lowest BCUT2D eigenvalue weighted by molar-refractivity contribution is -0.117. The number of fused-ring (bicyclic) bond motifs is 1. The Morgan fingerprint density at radius 1 is 1.24 bits per heavy atom. The Bertz CT molecular complexity index is 733. The van der Waals surface area contributed by atoms with E-state index in [1.165, 1.54) is 11.1 Å². The molecule has 1 atom stereocenters. The van der Waals surface area contributed by atoms with Crippen LogP contribution >= 0.6 is 15.9 Å². The molecule has 3 rings (SSSR count). The molecule has 1 aliphatic rings. The van der Waals surface area contributed by atoms with Gasteiger partial charge in [-0.3, -0.25) is 4.79 Å². The Kier molecular flexibility index (Phi) is 3.44. The van der Waals surface area contributed by atoms with Gasteiger partial charge in [-0.15, -0.1) is 0 Å². The topological polar surface area (TPSA) is 33.5 Å². The Balaban J connectivity index is 2.02. The van der Waals surface area contributed by atoms with Crippen LogP contribution < -0.4 is 4.90 Å². The number of rotatable bonds is 2. The minimum atomic E-state index is 0.0845. The summed E-state index contributed by atoms with van der Waals surface area (Å²) in [6, 6.07) is 6.23. The molecule has 1 aromatic carbocycles. The number of carbonyl (C=O) groups excluding carboxylic acids is 1. The molecular weight excluding hydrogens is 330 g/mol. The summed E-state index contributed by atoms with van der Waals surface area (Å²) in [7, 11) is 1.83. The SMILES string of the molecule is Cc1oc(C)c(C(Br)c2ccc3c(c2)CC(=O)N3C)c1C. The van der Waals surface area contributed by atoms with Crippen LogP contribution in [0.1, 0.15) is 38.6 Å². The molecule has 0 bridgehead atoms. The molecule has 0 fully saturated rings. The monoisotopic (exact) mass is 347 g/mol. The van der Waals surface area contributed by atoms with Gasteiger partial charge in [-0.2, -0.15) is 0 Å². The van der Waals surface area contributed by atoms with Gasteiger partial charge in [-0.05, 0) is 43.5 Å². The fraction of sp³-hybridized carbons (Fsp3) is 0.353. The number of amides is 1. The number of nitrogens with zero attached hydrogens (tertiary/aromatic N) is 1. The normalized spacial score (nSPS) is 15.5. The Morgan fingerprint density at radius 2 is 1.95 bits per heavy atom. The minimum absolute atomic E-state index is 0.0845. The van der Waals surface area contributed by atoms with Crippen molar-refractivity contribution >= 4 is 27.5 Å². The zero-order valence-electron chi connectivity index (χ0n) is 12.7. The minimum Gasteiger partial charge on any atom is -0.466 e. The molecule has 1 unspecified atom stereocenters. The number of aryl methyl sites for hydroxylation is 2. The first kappa shape index (κ1) is 14.4. The van der Waals surface area contributed by atoms with Crippen molar-refractivity contribution in [3.63, 3.8) is 0 Å². The number of alkyl halides is 1. The van der Waals surface area contributed by atoms with Crippen molar-refractivity contribution in [2.24, 2.45) is 0 Å². The second-order valence-electron chi connectivity index (χ2n) is 5.63. The summed E-state index contributed by atoms with van der Waals surface area (Å²) in [6.45, 7) is 6.07. The van der Waals surface area contributed by atoms with Gasteiger partial charge in [-0.25, -0.2) is 0 Å². The van der Waals surface area contributed by atoms with E-state index < -0.39 is 0 Å². The third kappa shape index (κ3) is 2.22. The van der Waals surface area contributed by atoms with Crippen molar-refractivity contribution in [2.45, 2.75) is 32.0 Å². The highest BCUT2D eigenvalue weighted by Gasteiger charge is 2.26. The lowest BCUT2D eigenvalue weighted by atomic mass is 9.99. The molecule has 2 aromatic rings. The zero-order chi connectivity index (χ0) is 15.3. The molecule has 1 aliphatic heterocycles. The van der Waals surface area contributed by atoms with Crippen molar-refractivity contribution in [3.8, 4) is 0 Å².